The Hall–Kier alpha value is -1.88. The van der Waals surface area contributed by atoms with Crippen molar-refractivity contribution in [2.24, 2.45) is 5.41 Å². The predicted octanol–water partition coefficient (Wildman–Crippen LogP) is 5.34. The molecule has 2 aromatic rings. The van der Waals surface area contributed by atoms with Crippen LogP contribution in [0, 0.1) is 16.7 Å². The molecule has 0 unspecified atom stereocenters. The Kier molecular flexibility index (Phi) is 6.53. The van der Waals surface area contributed by atoms with Crippen molar-refractivity contribution in [3.63, 3.8) is 0 Å². The number of anilines is 2. The minimum atomic E-state index is -0.379. The highest BCUT2D eigenvalue weighted by Gasteiger charge is 2.32. The first-order valence-corrected chi connectivity index (χ1v) is 11.5. The van der Waals surface area contributed by atoms with Crippen LogP contribution in [-0.4, -0.2) is 35.8 Å². The molecule has 29 heavy (non-hydrogen) atoms. The Morgan fingerprint density at radius 1 is 1.28 bits per heavy atom. The molecule has 2 aromatic heterocycles. The molecule has 0 spiro atoms. The fourth-order valence-corrected chi connectivity index (χ4v) is 4.89. The summed E-state index contributed by atoms with van der Waals surface area (Å²) in [5.74, 6) is 0.851. The first-order chi connectivity index (χ1) is 14.2. The second-order valence-corrected chi connectivity index (χ2v) is 9.19. The third kappa shape index (κ3) is 5.00. The van der Waals surface area contributed by atoms with Crippen molar-refractivity contribution < 1.29 is 4.74 Å². The number of pyridine rings is 1. The molecule has 3 heterocycles. The van der Waals surface area contributed by atoms with Crippen LogP contribution in [0.5, 0.6) is 0 Å². The lowest BCUT2D eigenvalue weighted by molar-refractivity contribution is 0.0456. The van der Waals surface area contributed by atoms with Gasteiger partial charge >= 0.3 is 0 Å². The SMILES string of the molecule is N#CC1(CNc2nc(-c3cc(NC4CCCCC4)ncc3Cl)cs2)CCOCC1. The largest absolute Gasteiger partial charge is 0.381 e. The van der Waals surface area contributed by atoms with E-state index in [1.807, 2.05) is 11.4 Å². The molecular formula is C21H26ClN5OS. The van der Waals surface area contributed by atoms with E-state index < -0.39 is 0 Å². The van der Waals surface area contributed by atoms with E-state index in [1.165, 1.54) is 43.4 Å². The van der Waals surface area contributed by atoms with Crippen molar-refractivity contribution in [2.75, 3.05) is 30.4 Å². The van der Waals surface area contributed by atoms with Crippen LogP contribution in [0.2, 0.25) is 5.02 Å². The van der Waals surface area contributed by atoms with E-state index in [1.54, 1.807) is 6.20 Å². The zero-order chi connectivity index (χ0) is 20.1. The predicted molar refractivity (Wildman–Crippen MR) is 117 cm³/mol. The van der Waals surface area contributed by atoms with Crippen LogP contribution in [0.15, 0.2) is 17.6 Å². The molecule has 2 fully saturated rings. The number of hydrogen-bond acceptors (Lipinski definition) is 7. The lowest BCUT2D eigenvalue weighted by Crippen LogP contribution is -2.34. The van der Waals surface area contributed by atoms with E-state index in [9.17, 15) is 5.26 Å². The second kappa shape index (κ2) is 9.29. The van der Waals surface area contributed by atoms with Crippen LogP contribution >= 0.6 is 22.9 Å². The highest BCUT2D eigenvalue weighted by atomic mass is 35.5. The molecule has 4 rings (SSSR count). The fraction of sp³-hybridized carbons (Fsp3) is 0.571. The van der Waals surface area contributed by atoms with Gasteiger partial charge < -0.3 is 15.4 Å². The number of rotatable bonds is 6. The number of hydrogen-bond donors (Lipinski definition) is 2. The summed E-state index contributed by atoms with van der Waals surface area (Å²) in [6.45, 7) is 1.86. The number of nitrogens with zero attached hydrogens (tertiary/aromatic N) is 3. The zero-order valence-electron chi connectivity index (χ0n) is 16.4. The van der Waals surface area contributed by atoms with Crippen molar-refractivity contribution in [3.8, 4) is 17.3 Å². The minimum absolute atomic E-state index is 0.379. The molecule has 2 N–H and O–H groups in total. The van der Waals surface area contributed by atoms with Gasteiger partial charge in [0.2, 0.25) is 0 Å². The summed E-state index contributed by atoms with van der Waals surface area (Å²) in [7, 11) is 0. The van der Waals surface area contributed by atoms with E-state index in [2.05, 4.69) is 21.7 Å². The summed E-state index contributed by atoms with van der Waals surface area (Å²) in [6.07, 6.45) is 9.45. The number of nitriles is 1. The van der Waals surface area contributed by atoms with Gasteiger partial charge in [0.1, 0.15) is 5.82 Å². The molecule has 1 saturated carbocycles. The second-order valence-electron chi connectivity index (χ2n) is 7.92. The van der Waals surface area contributed by atoms with Gasteiger partial charge in [-0.1, -0.05) is 30.9 Å². The van der Waals surface area contributed by atoms with Crippen molar-refractivity contribution in [2.45, 2.75) is 51.0 Å². The maximum atomic E-state index is 9.61. The molecule has 0 atom stereocenters. The lowest BCUT2D eigenvalue weighted by atomic mass is 9.82. The first kappa shape index (κ1) is 20.4. The highest BCUT2D eigenvalue weighted by Crippen LogP contribution is 2.34. The fourth-order valence-electron chi connectivity index (χ4n) is 3.98. The Morgan fingerprint density at radius 2 is 2.07 bits per heavy atom. The number of ether oxygens (including phenoxy) is 1. The molecule has 0 amide bonds. The number of thiazole rings is 1. The van der Waals surface area contributed by atoms with Crippen LogP contribution < -0.4 is 10.6 Å². The maximum absolute atomic E-state index is 9.61. The summed E-state index contributed by atoms with van der Waals surface area (Å²) in [5.41, 5.74) is 1.33. The molecule has 1 aliphatic heterocycles. The van der Waals surface area contributed by atoms with Gasteiger partial charge in [-0.15, -0.1) is 11.3 Å². The molecule has 0 bridgehead atoms. The van der Waals surface area contributed by atoms with Crippen molar-refractivity contribution in [1.82, 2.24) is 9.97 Å². The highest BCUT2D eigenvalue weighted by molar-refractivity contribution is 7.14. The molecule has 1 aliphatic carbocycles. The monoisotopic (exact) mass is 431 g/mol. The quantitative estimate of drug-likeness (QED) is 0.642. The third-order valence-electron chi connectivity index (χ3n) is 5.86. The van der Waals surface area contributed by atoms with Crippen LogP contribution in [-0.2, 0) is 4.74 Å². The minimum Gasteiger partial charge on any atom is -0.381 e. The number of aromatic nitrogens is 2. The molecule has 0 aromatic carbocycles. The average Bonchev–Trinajstić information content (AvgIpc) is 3.24. The molecule has 6 nitrogen and oxygen atoms in total. The summed E-state index contributed by atoms with van der Waals surface area (Å²) >= 11 is 7.95. The van der Waals surface area contributed by atoms with Crippen LogP contribution in [0.3, 0.4) is 0 Å². The Morgan fingerprint density at radius 3 is 2.83 bits per heavy atom. The topological polar surface area (TPSA) is 82.9 Å². The van der Waals surface area contributed by atoms with Crippen LogP contribution in [0.25, 0.3) is 11.3 Å². The summed E-state index contributed by atoms with van der Waals surface area (Å²) in [4.78, 5) is 9.16. The summed E-state index contributed by atoms with van der Waals surface area (Å²) in [6, 6.07) is 4.95. The molecular weight excluding hydrogens is 406 g/mol. The van der Waals surface area contributed by atoms with E-state index in [-0.39, 0.29) is 5.41 Å². The summed E-state index contributed by atoms with van der Waals surface area (Å²) < 4.78 is 5.40. The van der Waals surface area contributed by atoms with Crippen molar-refractivity contribution in [3.05, 3.63) is 22.7 Å². The molecule has 1 saturated heterocycles. The molecule has 154 valence electrons. The van der Waals surface area contributed by atoms with Gasteiger partial charge in [-0.3, -0.25) is 0 Å². The smallest absolute Gasteiger partial charge is 0.183 e. The molecule has 0 radical (unpaired) electrons. The summed E-state index contributed by atoms with van der Waals surface area (Å²) in [5, 5.41) is 19.9. The molecule has 8 heteroatoms. The van der Waals surface area contributed by atoms with Gasteiger partial charge in [0.15, 0.2) is 5.13 Å². The van der Waals surface area contributed by atoms with Crippen LogP contribution in [0.4, 0.5) is 10.9 Å². The first-order valence-electron chi connectivity index (χ1n) is 10.3. The van der Waals surface area contributed by atoms with Gasteiger partial charge in [-0.25, -0.2) is 9.97 Å². The number of halogens is 1. The van der Waals surface area contributed by atoms with E-state index in [0.717, 1.165) is 35.0 Å². The van der Waals surface area contributed by atoms with E-state index in [0.29, 0.717) is 30.8 Å². The van der Waals surface area contributed by atoms with Crippen LogP contribution in [0.1, 0.15) is 44.9 Å². The van der Waals surface area contributed by atoms with Crippen molar-refractivity contribution >= 4 is 33.9 Å². The van der Waals surface area contributed by atoms with Gasteiger partial charge in [0, 0.05) is 42.9 Å². The Bertz CT molecular complexity index is 868. The molecule has 2 aliphatic rings. The maximum Gasteiger partial charge on any atom is 0.183 e. The standard InChI is InChI=1S/C21H26ClN5OS/c22-17-11-24-19(26-15-4-2-1-3-5-15)10-16(17)18-12-29-20(27-18)25-14-21(13-23)6-8-28-9-7-21/h10-12,15H,1-9,14H2,(H,24,26)(H,25,27). The van der Waals surface area contributed by atoms with Gasteiger partial charge in [-0.2, -0.15) is 5.26 Å². The van der Waals surface area contributed by atoms with Crippen molar-refractivity contribution in [1.29, 1.82) is 5.26 Å². The van der Waals surface area contributed by atoms with E-state index in [4.69, 9.17) is 21.3 Å². The number of nitrogens with one attached hydrogen (secondary N) is 2. The Balaban J connectivity index is 1.44. The normalized spacial score (nSPS) is 19.4. The third-order valence-corrected chi connectivity index (χ3v) is 6.96. The van der Waals surface area contributed by atoms with Gasteiger partial charge in [0.25, 0.3) is 0 Å². The Labute approximate surface area is 180 Å². The lowest BCUT2D eigenvalue weighted by Gasteiger charge is -2.30. The van der Waals surface area contributed by atoms with Gasteiger partial charge in [-0.05, 0) is 31.7 Å². The van der Waals surface area contributed by atoms with E-state index >= 15 is 0 Å². The van der Waals surface area contributed by atoms with Gasteiger partial charge in [0.05, 0.1) is 22.2 Å². The average molecular weight is 432 g/mol. The zero-order valence-corrected chi connectivity index (χ0v) is 18.0.